The average Bonchev–Trinajstić information content (AvgIpc) is 2.60. The molecule has 1 aromatic rings. The van der Waals surface area contributed by atoms with E-state index in [1.165, 1.54) is 16.2 Å². The minimum atomic E-state index is 0.0336. The molecule has 4 heteroatoms. The lowest BCUT2D eigenvalue weighted by Crippen LogP contribution is -2.29. The number of halogens is 1. The fraction of sp³-hybridized carbons (Fsp3) is 0.583. The number of hydrogen-bond donors (Lipinski definition) is 1. The van der Waals surface area contributed by atoms with Crippen molar-refractivity contribution in [1.82, 2.24) is 5.32 Å². The van der Waals surface area contributed by atoms with Crippen LogP contribution < -0.4 is 5.32 Å². The molecular formula is C12H18BrNOS. The Labute approximate surface area is 110 Å². The third kappa shape index (κ3) is 4.66. The Kier molecular flexibility index (Phi) is 5.49. The van der Waals surface area contributed by atoms with Crippen LogP contribution in [0.4, 0.5) is 0 Å². The van der Waals surface area contributed by atoms with E-state index in [1.54, 1.807) is 0 Å². The summed E-state index contributed by atoms with van der Waals surface area (Å²) in [7, 11) is 0. The van der Waals surface area contributed by atoms with Crippen molar-refractivity contribution in [2.24, 2.45) is 5.92 Å². The SMILES string of the molecule is Cc1ccc(C(=O)NCC(Br)CC(C)C)s1. The zero-order valence-corrected chi connectivity index (χ0v) is 12.3. The lowest BCUT2D eigenvalue weighted by Gasteiger charge is -2.12. The predicted octanol–water partition coefficient (Wildman–Crippen LogP) is 3.60. The number of hydrogen-bond acceptors (Lipinski definition) is 2. The first kappa shape index (κ1) is 13.7. The van der Waals surface area contributed by atoms with Gasteiger partial charge < -0.3 is 5.32 Å². The van der Waals surface area contributed by atoms with Gasteiger partial charge in [0.2, 0.25) is 0 Å². The number of alkyl halides is 1. The number of carbonyl (C=O) groups excluding carboxylic acids is 1. The molecule has 1 unspecified atom stereocenters. The van der Waals surface area contributed by atoms with E-state index in [9.17, 15) is 4.79 Å². The van der Waals surface area contributed by atoms with Gasteiger partial charge in [0.25, 0.3) is 5.91 Å². The molecule has 0 aromatic carbocycles. The normalized spacial score (nSPS) is 12.8. The smallest absolute Gasteiger partial charge is 0.261 e. The van der Waals surface area contributed by atoms with Gasteiger partial charge in [0.15, 0.2) is 0 Å². The van der Waals surface area contributed by atoms with Crippen LogP contribution in [-0.2, 0) is 0 Å². The number of aryl methyl sites for hydroxylation is 1. The van der Waals surface area contributed by atoms with Crippen molar-refractivity contribution in [2.45, 2.75) is 32.0 Å². The molecule has 1 heterocycles. The molecule has 0 aliphatic rings. The number of rotatable bonds is 5. The van der Waals surface area contributed by atoms with E-state index in [1.807, 2.05) is 19.1 Å². The summed E-state index contributed by atoms with van der Waals surface area (Å²) in [6.45, 7) is 7.05. The molecule has 0 bridgehead atoms. The van der Waals surface area contributed by atoms with Gasteiger partial charge in [0.1, 0.15) is 0 Å². The van der Waals surface area contributed by atoms with E-state index in [0.29, 0.717) is 17.3 Å². The molecule has 2 nitrogen and oxygen atoms in total. The molecule has 1 N–H and O–H groups in total. The summed E-state index contributed by atoms with van der Waals surface area (Å²) in [5.41, 5.74) is 0. The van der Waals surface area contributed by atoms with E-state index in [2.05, 4.69) is 35.1 Å². The Balaban J connectivity index is 2.35. The summed E-state index contributed by atoms with van der Waals surface area (Å²) in [6.07, 6.45) is 1.07. The first-order valence-corrected chi connectivity index (χ1v) is 7.21. The average molecular weight is 304 g/mol. The summed E-state index contributed by atoms with van der Waals surface area (Å²) in [5, 5.41) is 2.94. The van der Waals surface area contributed by atoms with Crippen molar-refractivity contribution in [3.63, 3.8) is 0 Å². The Morgan fingerprint density at radius 3 is 2.69 bits per heavy atom. The Morgan fingerprint density at radius 1 is 1.50 bits per heavy atom. The van der Waals surface area contributed by atoms with Crippen LogP contribution in [0.5, 0.6) is 0 Å². The number of nitrogens with one attached hydrogen (secondary N) is 1. The van der Waals surface area contributed by atoms with Gasteiger partial charge in [0, 0.05) is 16.2 Å². The molecule has 1 rings (SSSR count). The highest BCUT2D eigenvalue weighted by atomic mass is 79.9. The van der Waals surface area contributed by atoms with Crippen LogP contribution in [0.15, 0.2) is 12.1 Å². The van der Waals surface area contributed by atoms with Crippen LogP contribution in [0.3, 0.4) is 0 Å². The van der Waals surface area contributed by atoms with Gasteiger partial charge in [-0.2, -0.15) is 0 Å². The molecule has 0 saturated heterocycles. The maximum absolute atomic E-state index is 11.7. The lowest BCUT2D eigenvalue weighted by atomic mass is 10.1. The highest BCUT2D eigenvalue weighted by Gasteiger charge is 2.11. The number of carbonyl (C=O) groups is 1. The molecular weight excluding hydrogens is 286 g/mol. The van der Waals surface area contributed by atoms with Crippen LogP contribution in [0, 0.1) is 12.8 Å². The first-order valence-electron chi connectivity index (χ1n) is 5.47. The zero-order valence-electron chi connectivity index (χ0n) is 9.92. The largest absolute Gasteiger partial charge is 0.350 e. The van der Waals surface area contributed by atoms with Crippen molar-refractivity contribution in [1.29, 1.82) is 0 Å². The Hall–Kier alpha value is -0.350. The molecule has 0 radical (unpaired) electrons. The predicted molar refractivity (Wildman–Crippen MR) is 73.6 cm³/mol. The van der Waals surface area contributed by atoms with Gasteiger partial charge in [-0.25, -0.2) is 0 Å². The second-order valence-electron chi connectivity index (χ2n) is 4.35. The quantitative estimate of drug-likeness (QED) is 0.828. The topological polar surface area (TPSA) is 29.1 Å². The van der Waals surface area contributed by atoms with Gasteiger partial charge in [-0.05, 0) is 31.4 Å². The van der Waals surface area contributed by atoms with E-state index in [-0.39, 0.29) is 5.91 Å². The second kappa shape index (κ2) is 6.40. The Morgan fingerprint density at radius 2 is 2.19 bits per heavy atom. The molecule has 1 amide bonds. The monoisotopic (exact) mass is 303 g/mol. The maximum atomic E-state index is 11.7. The van der Waals surface area contributed by atoms with E-state index >= 15 is 0 Å². The van der Waals surface area contributed by atoms with Gasteiger partial charge in [0.05, 0.1) is 4.88 Å². The number of thiophene rings is 1. The van der Waals surface area contributed by atoms with E-state index in [4.69, 9.17) is 0 Å². The molecule has 0 spiro atoms. The van der Waals surface area contributed by atoms with Crippen molar-refractivity contribution in [2.75, 3.05) is 6.54 Å². The zero-order chi connectivity index (χ0) is 12.1. The van der Waals surface area contributed by atoms with Gasteiger partial charge in [-0.15, -0.1) is 11.3 Å². The number of amides is 1. The molecule has 0 aliphatic heterocycles. The van der Waals surface area contributed by atoms with E-state index in [0.717, 1.165) is 11.3 Å². The van der Waals surface area contributed by atoms with E-state index < -0.39 is 0 Å². The lowest BCUT2D eigenvalue weighted by molar-refractivity contribution is 0.0957. The van der Waals surface area contributed by atoms with Crippen molar-refractivity contribution in [3.05, 3.63) is 21.9 Å². The minimum absolute atomic E-state index is 0.0336. The molecule has 0 aliphatic carbocycles. The van der Waals surface area contributed by atoms with Gasteiger partial charge in [-0.3, -0.25) is 4.79 Å². The molecule has 1 aromatic heterocycles. The first-order chi connectivity index (χ1) is 7.49. The van der Waals surface area contributed by atoms with Crippen molar-refractivity contribution < 1.29 is 4.79 Å². The third-order valence-electron chi connectivity index (χ3n) is 2.18. The molecule has 1 atom stereocenters. The van der Waals surface area contributed by atoms with Crippen molar-refractivity contribution in [3.8, 4) is 0 Å². The summed E-state index contributed by atoms with van der Waals surface area (Å²) in [4.78, 5) is 14.0. The standard InChI is InChI=1S/C12H18BrNOS/c1-8(2)6-10(13)7-14-12(15)11-5-4-9(3)16-11/h4-5,8,10H,6-7H2,1-3H3,(H,14,15). The molecule has 0 saturated carbocycles. The molecule has 0 fully saturated rings. The second-order valence-corrected chi connectivity index (χ2v) is 6.93. The molecule has 16 heavy (non-hydrogen) atoms. The van der Waals surface area contributed by atoms with Crippen LogP contribution in [0.2, 0.25) is 0 Å². The van der Waals surface area contributed by atoms with Crippen LogP contribution >= 0.6 is 27.3 Å². The van der Waals surface area contributed by atoms with Crippen molar-refractivity contribution >= 4 is 33.2 Å². The fourth-order valence-corrected chi connectivity index (χ4v) is 3.14. The highest BCUT2D eigenvalue weighted by Crippen LogP contribution is 2.15. The summed E-state index contributed by atoms with van der Waals surface area (Å²) in [6, 6.07) is 3.85. The Bertz CT molecular complexity index is 349. The third-order valence-corrected chi connectivity index (χ3v) is 3.87. The van der Waals surface area contributed by atoms with Crippen LogP contribution in [0.25, 0.3) is 0 Å². The molecule has 90 valence electrons. The van der Waals surface area contributed by atoms with Gasteiger partial charge >= 0.3 is 0 Å². The van der Waals surface area contributed by atoms with Crippen LogP contribution in [-0.4, -0.2) is 17.3 Å². The van der Waals surface area contributed by atoms with Crippen LogP contribution in [0.1, 0.15) is 34.8 Å². The summed E-state index contributed by atoms with van der Waals surface area (Å²) >= 11 is 5.11. The van der Waals surface area contributed by atoms with Gasteiger partial charge in [-0.1, -0.05) is 29.8 Å². The fourth-order valence-electron chi connectivity index (χ4n) is 1.44. The maximum Gasteiger partial charge on any atom is 0.261 e. The highest BCUT2D eigenvalue weighted by molar-refractivity contribution is 9.09. The minimum Gasteiger partial charge on any atom is -0.350 e. The summed E-state index contributed by atoms with van der Waals surface area (Å²) < 4.78 is 0. The summed E-state index contributed by atoms with van der Waals surface area (Å²) in [5.74, 6) is 0.677.